The number of hydrogen-bond donors (Lipinski definition) is 1. The van der Waals surface area contributed by atoms with E-state index in [1.54, 1.807) is 37.4 Å². The summed E-state index contributed by atoms with van der Waals surface area (Å²) < 4.78 is 15.9. The fourth-order valence-corrected chi connectivity index (χ4v) is 3.51. The molecule has 0 saturated carbocycles. The summed E-state index contributed by atoms with van der Waals surface area (Å²) in [6.45, 7) is 2.40. The number of rotatable bonds is 7. The summed E-state index contributed by atoms with van der Waals surface area (Å²) in [4.78, 5) is 17.0. The Morgan fingerprint density at radius 3 is 2.54 bits per heavy atom. The van der Waals surface area contributed by atoms with Gasteiger partial charge < -0.3 is 14.2 Å². The number of benzene rings is 2. The zero-order chi connectivity index (χ0) is 20.1. The number of nitrogens with zero attached hydrogens (tertiary/aromatic N) is 1. The maximum atomic E-state index is 12.6. The molecule has 0 saturated heterocycles. The molecule has 3 rings (SSSR count). The number of carbonyl (C=O) groups excluding carboxylic acids is 1. The minimum atomic E-state index is -0.282. The van der Waals surface area contributed by atoms with Crippen LogP contribution in [0.5, 0.6) is 17.2 Å². The first-order valence-corrected chi connectivity index (χ1v) is 9.73. The summed E-state index contributed by atoms with van der Waals surface area (Å²) in [7, 11) is 3.10. The van der Waals surface area contributed by atoms with E-state index < -0.39 is 0 Å². The van der Waals surface area contributed by atoms with Crippen LogP contribution in [-0.2, 0) is 0 Å². The molecule has 146 valence electrons. The molecule has 0 aliphatic carbocycles. The predicted molar refractivity (Wildman–Crippen MR) is 111 cm³/mol. The van der Waals surface area contributed by atoms with E-state index in [4.69, 9.17) is 25.8 Å². The van der Waals surface area contributed by atoms with Crippen LogP contribution in [0.2, 0.25) is 5.02 Å². The van der Waals surface area contributed by atoms with Crippen LogP contribution in [0.25, 0.3) is 11.3 Å². The number of methoxy groups -OCH3 is 2. The fourth-order valence-electron chi connectivity index (χ4n) is 2.54. The largest absolute Gasteiger partial charge is 0.495 e. The van der Waals surface area contributed by atoms with Gasteiger partial charge in [-0.15, -0.1) is 11.3 Å². The molecular weight excluding hydrogens is 400 g/mol. The highest BCUT2D eigenvalue weighted by atomic mass is 35.5. The van der Waals surface area contributed by atoms with Crippen LogP contribution < -0.4 is 19.5 Å². The molecule has 0 bridgehead atoms. The van der Waals surface area contributed by atoms with Crippen LogP contribution in [0.15, 0.2) is 41.8 Å². The second-order valence-electron chi connectivity index (χ2n) is 5.64. The Hall–Kier alpha value is -2.77. The molecule has 0 radical (unpaired) electrons. The van der Waals surface area contributed by atoms with Crippen molar-refractivity contribution in [3.8, 4) is 28.5 Å². The van der Waals surface area contributed by atoms with Gasteiger partial charge in [0.2, 0.25) is 0 Å². The maximum Gasteiger partial charge on any atom is 0.257 e. The van der Waals surface area contributed by atoms with Crippen LogP contribution in [-0.4, -0.2) is 31.7 Å². The van der Waals surface area contributed by atoms with Gasteiger partial charge in [-0.25, -0.2) is 4.98 Å². The van der Waals surface area contributed by atoms with Crippen molar-refractivity contribution in [2.75, 3.05) is 26.1 Å². The summed E-state index contributed by atoms with van der Waals surface area (Å²) in [5.41, 5.74) is 2.00. The lowest BCUT2D eigenvalue weighted by molar-refractivity contribution is 0.102. The van der Waals surface area contributed by atoms with E-state index in [0.29, 0.717) is 45.3 Å². The number of carbonyl (C=O) groups is 1. The van der Waals surface area contributed by atoms with Gasteiger partial charge in [-0.1, -0.05) is 11.6 Å². The minimum absolute atomic E-state index is 0.282. The van der Waals surface area contributed by atoms with Crippen molar-refractivity contribution >= 4 is 34.0 Å². The predicted octanol–water partition coefficient (Wildman–Crippen LogP) is 5.13. The number of hydrogen-bond acceptors (Lipinski definition) is 6. The van der Waals surface area contributed by atoms with Gasteiger partial charge in [0.1, 0.15) is 5.75 Å². The van der Waals surface area contributed by atoms with Crippen molar-refractivity contribution in [1.29, 1.82) is 0 Å². The summed E-state index contributed by atoms with van der Waals surface area (Å²) in [5.74, 6) is 1.41. The standard InChI is InChI=1S/C20H19ClN2O4S/c1-4-27-17-8-6-13(10-18(17)26-3)19(24)23-20-22-15(11-28-20)12-5-7-16(25-2)14(21)9-12/h5-11H,4H2,1-3H3,(H,22,23,24). The molecular formula is C20H19ClN2O4S. The maximum absolute atomic E-state index is 12.6. The van der Waals surface area contributed by atoms with Crippen LogP contribution in [0.3, 0.4) is 0 Å². The molecule has 0 unspecified atom stereocenters. The molecule has 0 aliphatic heterocycles. The van der Waals surface area contributed by atoms with Gasteiger partial charge in [-0.3, -0.25) is 10.1 Å². The summed E-state index contributed by atoms with van der Waals surface area (Å²) in [5, 5.41) is 5.64. The number of thiazole rings is 1. The number of nitrogens with one attached hydrogen (secondary N) is 1. The number of ether oxygens (including phenoxy) is 3. The van der Waals surface area contributed by atoms with E-state index >= 15 is 0 Å². The van der Waals surface area contributed by atoms with Crippen LogP contribution in [0.4, 0.5) is 5.13 Å². The van der Waals surface area contributed by atoms with Gasteiger partial charge in [0.25, 0.3) is 5.91 Å². The topological polar surface area (TPSA) is 69.7 Å². The van der Waals surface area contributed by atoms with Gasteiger partial charge in [-0.05, 0) is 43.3 Å². The van der Waals surface area contributed by atoms with E-state index in [-0.39, 0.29) is 5.91 Å². The van der Waals surface area contributed by atoms with Gasteiger partial charge in [0.05, 0.1) is 31.5 Å². The molecule has 0 atom stereocenters. The Balaban J connectivity index is 1.76. The first kappa shape index (κ1) is 20.0. The third-order valence-electron chi connectivity index (χ3n) is 3.90. The normalized spacial score (nSPS) is 10.4. The van der Waals surface area contributed by atoms with E-state index in [2.05, 4.69) is 10.3 Å². The van der Waals surface area contributed by atoms with Crippen molar-refractivity contribution in [3.05, 3.63) is 52.4 Å². The molecule has 0 fully saturated rings. The molecule has 1 N–H and O–H groups in total. The first-order chi connectivity index (χ1) is 13.5. The Morgan fingerprint density at radius 2 is 1.86 bits per heavy atom. The highest BCUT2D eigenvalue weighted by molar-refractivity contribution is 7.14. The second kappa shape index (κ2) is 8.95. The molecule has 0 spiro atoms. The lowest BCUT2D eigenvalue weighted by atomic mass is 10.2. The molecule has 3 aromatic rings. The number of anilines is 1. The van der Waals surface area contributed by atoms with Gasteiger partial charge >= 0.3 is 0 Å². The SMILES string of the molecule is CCOc1ccc(C(=O)Nc2nc(-c3ccc(OC)c(Cl)c3)cs2)cc1OC. The minimum Gasteiger partial charge on any atom is -0.495 e. The average Bonchev–Trinajstić information content (AvgIpc) is 3.16. The lowest BCUT2D eigenvalue weighted by Gasteiger charge is -2.10. The molecule has 1 heterocycles. The van der Waals surface area contributed by atoms with Crippen LogP contribution >= 0.6 is 22.9 Å². The first-order valence-electron chi connectivity index (χ1n) is 8.47. The van der Waals surface area contributed by atoms with Crippen molar-refractivity contribution < 1.29 is 19.0 Å². The molecule has 2 aromatic carbocycles. The van der Waals surface area contributed by atoms with Gasteiger partial charge in [-0.2, -0.15) is 0 Å². The molecule has 6 nitrogen and oxygen atoms in total. The molecule has 28 heavy (non-hydrogen) atoms. The lowest BCUT2D eigenvalue weighted by Crippen LogP contribution is -2.12. The highest BCUT2D eigenvalue weighted by Gasteiger charge is 2.14. The Morgan fingerprint density at radius 1 is 1.11 bits per heavy atom. The molecule has 8 heteroatoms. The Bertz CT molecular complexity index is 990. The van der Waals surface area contributed by atoms with Gasteiger partial charge in [0.15, 0.2) is 16.6 Å². The molecule has 0 aliphatic rings. The average molecular weight is 419 g/mol. The highest BCUT2D eigenvalue weighted by Crippen LogP contribution is 2.32. The van der Waals surface area contributed by atoms with Crippen LogP contribution in [0.1, 0.15) is 17.3 Å². The second-order valence-corrected chi connectivity index (χ2v) is 6.91. The third-order valence-corrected chi connectivity index (χ3v) is 4.95. The van der Waals surface area contributed by atoms with E-state index in [9.17, 15) is 4.79 Å². The molecule has 1 amide bonds. The number of amides is 1. The van der Waals surface area contributed by atoms with Gasteiger partial charge in [0, 0.05) is 16.5 Å². The fraction of sp³-hybridized carbons (Fsp3) is 0.200. The third kappa shape index (κ3) is 4.37. The van der Waals surface area contributed by atoms with Crippen molar-refractivity contribution in [3.63, 3.8) is 0 Å². The summed E-state index contributed by atoms with van der Waals surface area (Å²) >= 11 is 7.50. The van der Waals surface area contributed by atoms with E-state index in [1.807, 2.05) is 18.4 Å². The number of halogens is 1. The summed E-state index contributed by atoms with van der Waals surface area (Å²) in [6, 6.07) is 10.4. The summed E-state index contributed by atoms with van der Waals surface area (Å²) in [6.07, 6.45) is 0. The zero-order valence-electron chi connectivity index (χ0n) is 15.6. The molecule has 1 aromatic heterocycles. The van der Waals surface area contributed by atoms with Crippen molar-refractivity contribution in [1.82, 2.24) is 4.98 Å². The Labute approximate surface area is 172 Å². The monoisotopic (exact) mass is 418 g/mol. The van der Waals surface area contributed by atoms with Crippen LogP contribution in [0, 0.1) is 0 Å². The quantitative estimate of drug-likeness (QED) is 0.575. The Kier molecular flexibility index (Phi) is 6.38. The van der Waals surface area contributed by atoms with E-state index in [1.165, 1.54) is 18.4 Å². The van der Waals surface area contributed by atoms with Crippen molar-refractivity contribution in [2.24, 2.45) is 0 Å². The smallest absolute Gasteiger partial charge is 0.257 e. The van der Waals surface area contributed by atoms with E-state index in [0.717, 1.165) is 5.56 Å². The number of aromatic nitrogens is 1. The van der Waals surface area contributed by atoms with Crippen molar-refractivity contribution in [2.45, 2.75) is 6.92 Å². The zero-order valence-corrected chi connectivity index (χ0v) is 17.2.